The molecule has 166 valence electrons. The first-order valence-corrected chi connectivity index (χ1v) is 10.4. The van der Waals surface area contributed by atoms with Crippen LogP contribution in [0.4, 0.5) is 11.4 Å². The van der Waals surface area contributed by atoms with Gasteiger partial charge in [0, 0.05) is 22.3 Å². The van der Waals surface area contributed by atoms with Crippen LogP contribution in [-0.2, 0) is 11.4 Å². The molecule has 0 saturated carbocycles. The normalized spacial score (nSPS) is 10.8. The number of ether oxygens (including phenoxy) is 2. The molecule has 3 aromatic carbocycles. The van der Waals surface area contributed by atoms with E-state index in [-0.39, 0.29) is 16.9 Å². The van der Waals surface area contributed by atoms with Gasteiger partial charge in [-0.2, -0.15) is 5.26 Å². The quantitative estimate of drug-likeness (QED) is 0.186. The largest absolute Gasteiger partial charge is 0.493 e. The van der Waals surface area contributed by atoms with Gasteiger partial charge in [-0.25, -0.2) is 0 Å². The van der Waals surface area contributed by atoms with Gasteiger partial charge in [0.1, 0.15) is 18.2 Å². The summed E-state index contributed by atoms with van der Waals surface area (Å²) in [6, 6.07) is 20.0. The molecule has 0 bridgehead atoms. The highest BCUT2D eigenvalue weighted by atomic mass is 79.9. The number of hydrogen-bond acceptors (Lipinski definition) is 6. The van der Waals surface area contributed by atoms with E-state index in [1.807, 2.05) is 30.3 Å². The molecule has 0 radical (unpaired) electrons. The van der Waals surface area contributed by atoms with Crippen molar-refractivity contribution in [3.63, 3.8) is 0 Å². The number of anilines is 1. The first-order valence-electron chi connectivity index (χ1n) is 9.62. The molecule has 0 atom stereocenters. The highest BCUT2D eigenvalue weighted by Crippen LogP contribution is 2.30. The first-order chi connectivity index (χ1) is 15.9. The van der Waals surface area contributed by atoms with Crippen molar-refractivity contribution in [3.05, 3.63) is 98.0 Å². The van der Waals surface area contributed by atoms with Gasteiger partial charge >= 0.3 is 0 Å². The van der Waals surface area contributed by atoms with Gasteiger partial charge in [-0.1, -0.05) is 40.2 Å². The number of hydrogen-bond donors (Lipinski definition) is 1. The van der Waals surface area contributed by atoms with Crippen molar-refractivity contribution in [2.45, 2.75) is 6.61 Å². The average molecular weight is 508 g/mol. The lowest BCUT2D eigenvalue weighted by atomic mass is 10.1. The maximum absolute atomic E-state index is 12.5. The Balaban J connectivity index is 1.79. The zero-order valence-electron chi connectivity index (χ0n) is 17.4. The number of benzene rings is 3. The molecule has 3 aromatic rings. The van der Waals surface area contributed by atoms with Gasteiger partial charge in [0.25, 0.3) is 11.6 Å². The number of halogens is 1. The van der Waals surface area contributed by atoms with Crippen molar-refractivity contribution in [1.82, 2.24) is 0 Å². The Labute approximate surface area is 198 Å². The summed E-state index contributed by atoms with van der Waals surface area (Å²) in [6.07, 6.45) is 1.40. The predicted octanol–water partition coefficient (Wildman–Crippen LogP) is 5.49. The van der Waals surface area contributed by atoms with E-state index in [0.29, 0.717) is 23.7 Å². The molecule has 0 aliphatic carbocycles. The van der Waals surface area contributed by atoms with E-state index in [1.165, 1.54) is 37.5 Å². The van der Waals surface area contributed by atoms with E-state index in [9.17, 15) is 20.2 Å². The van der Waals surface area contributed by atoms with Crippen LogP contribution in [0.1, 0.15) is 11.1 Å². The number of nitrogens with one attached hydrogen (secondary N) is 1. The minimum absolute atomic E-state index is 0.169. The number of amides is 1. The van der Waals surface area contributed by atoms with Crippen molar-refractivity contribution >= 4 is 39.3 Å². The summed E-state index contributed by atoms with van der Waals surface area (Å²) in [6.45, 7) is 0.301. The smallest absolute Gasteiger partial charge is 0.271 e. The van der Waals surface area contributed by atoms with Crippen molar-refractivity contribution in [2.24, 2.45) is 0 Å². The molecular weight excluding hydrogens is 490 g/mol. The summed E-state index contributed by atoms with van der Waals surface area (Å²) < 4.78 is 12.2. The van der Waals surface area contributed by atoms with Gasteiger partial charge in [0.2, 0.25) is 0 Å². The lowest BCUT2D eigenvalue weighted by Gasteiger charge is -2.12. The number of nitro groups is 1. The maximum atomic E-state index is 12.5. The standard InChI is InChI=1S/C24H18BrN3O5/c1-32-22-10-7-17(12-23(22)33-15-16-5-8-19(25)9-6-16)11-18(14-26)24(29)27-20-3-2-4-21(13-20)28(30)31/h2-13H,15H2,1H3,(H,27,29)/b18-11+. The molecule has 3 rings (SSSR count). The number of carbonyl (C=O) groups is 1. The van der Waals surface area contributed by atoms with Crippen molar-refractivity contribution in [1.29, 1.82) is 5.26 Å². The van der Waals surface area contributed by atoms with Crippen molar-refractivity contribution in [2.75, 3.05) is 12.4 Å². The second-order valence-electron chi connectivity index (χ2n) is 6.76. The van der Waals surface area contributed by atoms with Crippen LogP contribution in [0.2, 0.25) is 0 Å². The molecule has 1 amide bonds. The molecule has 1 N–H and O–H groups in total. The van der Waals surface area contributed by atoms with E-state index >= 15 is 0 Å². The fourth-order valence-electron chi connectivity index (χ4n) is 2.85. The van der Waals surface area contributed by atoms with E-state index in [1.54, 1.807) is 18.2 Å². The van der Waals surface area contributed by atoms with Gasteiger partial charge < -0.3 is 14.8 Å². The fourth-order valence-corrected chi connectivity index (χ4v) is 3.11. The van der Waals surface area contributed by atoms with E-state index in [4.69, 9.17) is 9.47 Å². The zero-order valence-corrected chi connectivity index (χ0v) is 19.0. The van der Waals surface area contributed by atoms with E-state index in [0.717, 1.165) is 10.0 Å². The highest BCUT2D eigenvalue weighted by molar-refractivity contribution is 9.10. The van der Waals surface area contributed by atoms with Gasteiger partial charge in [0.15, 0.2) is 11.5 Å². The van der Waals surface area contributed by atoms with Crippen LogP contribution in [0.25, 0.3) is 6.08 Å². The van der Waals surface area contributed by atoms with E-state index in [2.05, 4.69) is 21.2 Å². The molecule has 8 nitrogen and oxygen atoms in total. The number of nitro benzene ring substituents is 1. The molecule has 0 unspecified atom stereocenters. The van der Waals surface area contributed by atoms with Crippen LogP contribution in [-0.4, -0.2) is 17.9 Å². The summed E-state index contributed by atoms with van der Waals surface area (Å²) in [5.41, 5.74) is 1.37. The van der Waals surface area contributed by atoms with E-state index < -0.39 is 10.8 Å². The Morgan fingerprint density at radius 3 is 2.58 bits per heavy atom. The zero-order chi connectivity index (χ0) is 23.8. The van der Waals surface area contributed by atoms with Crippen LogP contribution in [0.3, 0.4) is 0 Å². The summed E-state index contributed by atoms with van der Waals surface area (Å²) >= 11 is 3.39. The number of carbonyl (C=O) groups excluding carboxylic acids is 1. The topological polar surface area (TPSA) is 114 Å². The SMILES string of the molecule is COc1ccc(/C=C(\C#N)C(=O)Nc2cccc([N+](=O)[O-])c2)cc1OCc1ccc(Br)cc1. The molecule has 9 heteroatoms. The Hall–Kier alpha value is -4.16. The average Bonchev–Trinajstić information content (AvgIpc) is 2.82. The third-order valence-electron chi connectivity index (χ3n) is 4.49. The number of nitrogens with zero attached hydrogens (tertiary/aromatic N) is 2. The summed E-state index contributed by atoms with van der Waals surface area (Å²) in [7, 11) is 1.52. The third-order valence-corrected chi connectivity index (χ3v) is 5.01. The number of non-ortho nitro benzene ring substituents is 1. The molecule has 0 spiro atoms. The lowest BCUT2D eigenvalue weighted by Crippen LogP contribution is -2.13. The van der Waals surface area contributed by atoms with Crippen LogP contribution in [0.15, 0.2) is 76.8 Å². The Morgan fingerprint density at radius 2 is 1.91 bits per heavy atom. The first kappa shape index (κ1) is 23.5. The summed E-state index contributed by atoms with van der Waals surface area (Å²) in [5, 5.41) is 22.9. The second kappa shape index (κ2) is 10.9. The minimum Gasteiger partial charge on any atom is -0.493 e. The third kappa shape index (κ3) is 6.41. The Morgan fingerprint density at radius 1 is 1.15 bits per heavy atom. The van der Waals surface area contributed by atoms with Crippen LogP contribution < -0.4 is 14.8 Å². The van der Waals surface area contributed by atoms with Crippen LogP contribution in [0.5, 0.6) is 11.5 Å². The van der Waals surface area contributed by atoms with Gasteiger partial charge in [-0.3, -0.25) is 14.9 Å². The molecule has 33 heavy (non-hydrogen) atoms. The molecule has 0 aromatic heterocycles. The Bertz CT molecular complexity index is 1250. The molecule has 0 fully saturated rings. The summed E-state index contributed by atoms with van der Waals surface area (Å²) in [4.78, 5) is 22.9. The minimum atomic E-state index is -0.689. The van der Waals surface area contributed by atoms with Crippen molar-refractivity contribution in [3.8, 4) is 17.6 Å². The number of nitriles is 1. The fraction of sp³-hybridized carbons (Fsp3) is 0.0833. The number of methoxy groups -OCH3 is 1. The van der Waals surface area contributed by atoms with Gasteiger partial charge in [0.05, 0.1) is 12.0 Å². The second-order valence-corrected chi connectivity index (χ2v) is 7.67. The highest BCUT2D eigenvalue weighted by Gasteiger charge is 2.13. The molecule has 0 heterocycles. The van der Waals surface area contributed by atoms with Crippen LogP contribution >= 0.6 is 15.9 Å². The molecule has 0 aliphatic rings. The number of rotatable bonds is 8. The molecular formula is C24H18BrN3O5. The summed E-state index contributed by atoms with van der Waals surface area (Å²) in [5.74, 6) is 0.264. The van der Waals surface area contributed by atoms with Crippen LogP contribution in [0, 0.1) is 21.4 Å². The lowest BCUT2D eigenvalue weighted by molar-refractivity contribution is -0.384. The molecule has 0 aliphatic heterocycles. The molecule has 0 saturated heterocycles. The predicted molar refractivity (Wildman–Crippen MR) is 127 cm³/mol. The monoisotopic (exact) mass is 507 g/mol. The van der Waals surface area contributed by atoms with Gasteiger partial charge in [-0.05, 0) is 47.5 Å². The maximum Gasteiger partial charge on any atom is 0.271 e. The van der Waals surface area contributed by atoms with Gasteiger partial charge in [-0.15, -0.1) is 0 Å². The Kier molecular flexibility index (Phi) is 7.78. The van der Waals surface area contributed by atoms with Crippen molar-refractivity contribution < 1.29 is 19.2 Å².